The Morgan fingerprint density at radius 1 is 1.03 bits per heavy atom. The molecule has 2 aromatic rings. The van der Waals surface area contributed by atoms with E-state index in [2.05, 4.69) is 5.32 Å². The molecule has 2 rings (SSSR count). The Hall–Kier alpha value is -2.87. The molecule has 198 valence electrons. The third kappa shape index (κ3) is 8.08. The van der Waals surface area contributed by atoms with E-state index in [0.717, 1.165) is 28.7 Å². The van der Waals surface area contributed by atoms with Crippen LogP contribution >= 0.6 is 0 Å². The molecule has 0 radical (unpaired) electrons. The molecule has 2 amide bonds. The number of nitrogens with zero attached hydrogens (tertiary/aromatic N) is 2. The zero-order valence-corrected chi connectivity index (χ0v) is 23.5. The molecule has 2 unspecified atom stereocenters. The number of aryl methyl sites for hydroxylation is 2. The summed E-state index contributed by atoms with van der Waals surface area (Å²) >= 11 is 0. The highest BCUT2D eigenvalue weighted by atomic mass is 32.2. The van der Waals surface area contributed by atoms with E-state index in [0.29, 0.717) is 18.7 Å². The van der Waals surface area contributed by atoms with Crippen molar-refractivity contribution >= 4 is 27.5 Å². The Morgan fingerprint density at radius 3 is 2.31 bits per heavy atom. The predicted molar refractivity (Wildman–Crippen MR) is 146 cm³/mol. The first-order valence-corrected chi connectivity index (χ1v) is 14.4. The lowest BCUT2D eigenvalue weighted by atomic mass is 10.1. The maximum Gasteiger partial charge on any atom is 0.242 e. The second-order valence-corrected chi connectivity index (χ2v) is 11.6. The fourth-order valence-corrected chi connectivity index (χ4v) is 5.06. The minimum absolute atomic E-state index is 0.0109. The van der Waals surface area contributed by atoms with Gasteiger partial charge in [-0.15, -0.1) is 0 Å². The summed E-state index contributed by atoms with van der Waals surface area (Å²) < 4.78 is 26.5. The molecule has 0 aromatic heterocycles. The third-order valence-corrected chi connectivity index (χ3v) is 7.78. The first-order chi connectivity index (χ1) is 16.8. The zero-order valence-electron chi connectivity index (χ0n) is 22.7. The first kappa shape index (κ1) is 29.4. The van der Waals surface area contributed by atoms with Crippen molar-refractivity contribution in [1.82, 2.24) is 10.2 Å². The van der Waals surface area contributed by atoms with E-state index < -0.39 is 16.1 Å². The van der Waals surface area contributed by atoms with Crippen LogP contribution in [0.15, 0.2) is 42.5 Å². The van der Waals surface area contributed by atoms with Gasteiger partial charge in [0.15, 0.2) is 0 Å². The highest BCUT2D eigenvalue weighted by Crippen LogP contribution is 2.25. The Labute approximate surface area is 216 Å². The molecule has 8 heteroatoms. The summed E-state index contributed by atoms with van der Waals surface area (Å²) in [4.78, 5) is 27.9. The van der Waals surface area contributed by atoms with E-state index >= 15 is 0 Å². The first-order valence-electron chi connectivity index (χ1n) is 12.5. The summed E-state index contributed by atoms with van der Waals surface area (Å²) in [5, 5.41) is 2.97. The van der Waals surface area contributed by atoms with E-state index in [-0.39, 0.29) is 30.8 Å². The maximum atomic E-state index is 13.4. The largest absolute Gasteiger partial charge is 0.352 e. The van der Waals surface area contributed by atoms with Gasteiger partial charge in [0.1, 0.15) is 6.04 Å². The SMILES string of the molecule is CCC(C)NC(=O)C(C)N(Cc1cccc(C)c1)C(=O)CCCN(c1cccc(C)c1C)S(C)(=O)=O. The molecule has 0 aliphatic rings. The highest BCUT2D eigenvalue weighted by molar-refractivity contribution is 7.92. The monoisotopic (exact) mass is 515 g/mol. The Balaban J connectivity index is 2.21. The fourth-order valence-electron chi connectivity index (χ4n) is 4.04. The van der Waals surface area contributed by atoms with E-state index in [1.165, 1.54) is 10.6 Å². The second-order valence-electron chi connectivity index (χ2n) is 9.66. The van der Waals surface area contributed by atoms with Gasteiger partial charge in [0.2, 0.25) is 21.8 Å². The standard InChI is InChI=1S/C28H41N3O4S/c1-8-22(4)29-28(33)24(6)30(19-25-14-9-12-20(2)18-25)27(32)16-11-17-31(36(7,34)35)26-15-10-13-21(3)23(26)5/h9-10,12-15,18,22,24H,8,11,16-17,19H2,1-7H3,(H,29,33). The third-order valence-electron chi connectivity index (χ3n) is 6.60. The van der Waals surface area contributed by atoms with Crippen LogP contribution in [0.25, 0.3) is 0 Å². The number of nitrogens with one attached hydrogen (secondary N) is 1. The van der Waals surface area contributed by atoms with Gasteiger partial charge >= 0.3 is 0 Å². The summed E-state index contributed by atoms with van der Waals surface area (Å²) in [5.41, 5.74) is 4.55. The molecule has 0 saturated carbocycles. The Morgan fingerprint density at radius 2 is 1.69 bits per heavy atom. The van der Waals surface area contributed by atoms with Gasteiger partial charge in [0.25, 0.3) is 0 Å². The molecule has 2 aromatic carbocycles. The van der Waals surface area contributed by atoms with E-state index in [1.54, 1.807) is 17.9 Å². The van der Waals surface area contributed by atoms with Crippen LogP contribution in [0.3, 0.4) is 0 Å². The van der Waals surface area contributed by atoms with Crippen LogP contribution in [-0.2, 0) is 26.2 Å². The number of sulfonamides is 1. The number of amides is 2. The molecular formula is C28H41N3O4S. The lowest BCUT2D eigenvalue weighted by Crippen LogP contribution is -2.49. The van der Waals surface area contributed by atoms with Crippen LogP contribution in [0.2, 0.25) is 0 Å². The van der Waals surface area contributed by atoms with Gasteiger partial charge in [0.05, 0.1) is 11.9 Å². The van der Waals surface area contributed by atoms with Gasteiger partial charge < -0.3 is 10.2 Å². The molecule has 0 spiro atoms. The highest BCUT2D eigenvalue weighted by Gasteiger charge is 2.27. The van der Waals surface area contributed by atoms with Gasteiger partial charge in [-0.3, -0.25) is 13.9 Å². The van der Waals surface area contributed by atoms with Crippen LogP contribution in [0.5, 0.6) is 0 Å². The normalized spacial score (nSPS) is 13.1. The smallest absolute Gasteiger partial charge is 0.242 e. The predicted octanol–water partition coefficient (Wildman–Crippen LogP) is 4.49. The van der Waals surface area contributed by atoms with Crippen LogP contribution in [0.1, 0.15) is 62.3 Å². The summed E-state index contributed by atoms with van der Waals surface area (Å²) in [7, 11) is -3.53. The summed E-state index contributed by atoms with van der Waals surface area (Å²) in [5.74, 6) is -0.378. The molecule has 0 bridgehead atoms. The van der Waals surface area contributed by atoms with Crippen LogP contribution in [0, 0.1) is 20.8 Å². The number of rotatable bonds is 12. The van der Waals surface area contributed by atoms with Crippen molar-refractivity contribution in [3.8, 4) is 0 Å². The van der Waals surface area contributed by atoms with Crippen molar-refractivity contribution in [2.24, 2.45) is 0 Å². The lowest BCUT2D eigenvalue weighted by molar-refractivity contribution is -0.140. The number of hydrogen-bond donors (Lipinski definition) is 1. The van der Waals surface area contributed by atoms with Gasteiger partial charge in [-0.25, -0.2) is 8.42 Å². The van der Waals surface area contributed by atoms with Crippen LogP contribution < -0.4 is 9.62 Å². The van der Waals surface area contributed by atoms with Crippen LogP contribution in [-0.4, -0.2) is 50.0 Å². The summed E-state index contributed by atoms with van der Waals surface area (Å²) in [6, 6.07) is 12.8. The molecule has 0 aliphatic carbocycles. The number of carbonyl (C=O) groups is 2. The molecule has 1 N–H and O–H groups in total. The van der Waals surface area contributed by atoms with Crippen molar-refractivity contribution in [2.45, 2.75) is 79.4 Å². The topological polar surface area (TPSA) is 86.8 Å². The summed E-state index contributed by atoms with van der Waals surface area (Å²) in [6.45, 7) is 12.0. The molecule has 0 heterocycles. The average molecular weight is 516 g/mol. The molecule has 36 heavy (non-hydrogen) atoms. The second kappa shape index (κ2) is 12.9. The van der Waals surface area contributed by atoms with E-state index in [9.17, 15) is 18.0 Å². The number of hydrogen-bond acceptors (Lipinski definition) is 4. The van der Waals surface area contributed by atoms with E-state index in [1.807, 2.05) is 71.0 Å². The molecule has 7 nitrogen and oxygen atoms in total. The Kier molecular flexibility index (Phi) is 10.5. The van der Waals surface area contributed by atoms with E-state index in [4.69, 9.17) is 0 Å². The van der Waals surface area contributed by atoms with Crippen molar-refractivity contribution in [2.75, 3.05) is 17.1 Å². The molecule has 2 atom stereocenters. The fraction of sp³-hybridized carbons (Fsp3) is 0.500. The van der Waals surface area contributed by atoms with Crippen molar-refractivity contribution in [3.05, 3.63) is 64.7 Å². The van der Waals surface area contributed by atoms with Crippen molar-refractivity contribution in [1.29, 1.82) is 0 Å². The molecule has 0 fully saturated rings. The van der Waals surface area contributed by atoms with Crippen LogP contribution in [0.4, 0.5) is 5.69 Å². The van der Waals surface area contributed by atoms with Gasteiger partial charge in [-0.05, 0) is 70.2 Å². The number of carbonyl (C=O) groups excluding carboxylic acids is 2. The Bertz CT molecular complexity index is 1160. The van der Waals surface area contributed by atoms with Gasteiger partial charge in [0, 0.05) is 25.6 Å². The molecule has 0 saturated heterocycles. The molecule has 0 aliphatic heterocycles. The number of benzene rings is 2. The van der Waals surface area contributed by atoms with Crippen molar-refractivity contribution < 1.29 is 18.0 Å². The molecular weight excluding hydrogens is 474 g/mol. The minimum Gasteiger partial charge on any atom is -0.352 e. The average Bonchev–Trinajstić information content (AvgIpc) is 2.81. The quantitative estimate of drug-likeness (QED) is 0.451. The summed E-state index contributed by atoms with van der Waals surface area (Å²) in [6.07, 6.45) is 2.44. The van der Waals surface area contributed by atoms with Crippen molar-refractivity contribution in [3.63, 3.8) is 0 Å². The van der Waals surface area contributed by atoms with Gasteiger partial charge in [-0.2, -0.15) is 0 Å². The number of anilines is 1. The lowest BCUT2D eigenvalue weighted by Gasteiger charge is -2.30. The van der Waals surface area contributed by atoms with Gasteiger partial charge in [-0.1, -0.05) is 48.9 Å². The zero-order chi connectivity index (χ0) is 27.0. The maximum absolute atomic E-state index is 13.4. The minimum atomic E-state index is -3.53.